The van der Waals surface area contributed by atoms with E-state index in [1.165, 1.54) is 6.26 Å². The molecule has 2 atom stereocenters. The highest BCUT2D eigenvalue weighted by Crippen LogP contribution is 2.25. The maximum absolute atomic E-state index is 11.5. The van der Waals surface area contributed by atoms with Crippen molar-refractivity contribution >= 4 is 5.97 Å². The Hall–Kier alpha value is -1.33. The minimum Gasteiger partial charge on any atom is -0.480 e. The van der Waals surface area contributed by atoms with Crippen LogP contribution in [0.15, 0.2) is 22.8 Å². The van der Waals surface area contributed by atoms with Gasteiger partial charge >= 0.3 is 5.97 Å². The maximum Gasteiger partial charge on any atom is 0.328 e. The number of rotatable bonds is 5. The molecule has 5 nitrogen and oxygen atoms in total. The molecule has 1 aromatic rings. The van der Waals surface area contributed by atoms with Gasteiger partial charge in [-0.05, 0) is 25.1 Å². The lowest BCUT2D eigenvalue weighted by molar-refractivity contribution is -0.145. The average Bonchev–Trinajstić information content (AvgIpc) is 2.92. The number of aliphatic carboxylic acids is 1. The van der Waals surface area contributed by atoms with E-state index in [-0.39, 0.29) is 0 Å². The number of hydrogen-bond donors (Lipinski definition) is 1. The van der Waals surface area contributed by atoms with Gasteiger partial charge in [-0.2, -0.15) is 0 Å². The summed E-state index contributed by atoms with van der Waals surface area (Å²) in [4.78, 5) is 16.0. The first-order valence-corrected chi connectivity index (χ1v) is 6.91. The van der Waals surface area contributed by atoms with Crippen LogP contribution in [0.4, 0.5) is 0 Å². The molecule has 0 aromatic carbocycles. The molecule has 2 unspecified atom stereocenters. The van der Waals surface area contributed by atoms with Crippen LogP contribution in [0, 0.1) is 0 Å². The zero-order chi connectivity index (χ0) is 13.8. The van der Waals surface area contributed by atoms with Crippen LogP contribution in [-0.4, -0.2) is 53.1 Å². The van der Waals surface area contributed by atoms with Crippen LogP contribution in [0.25, 0.3) is 0 Å². The lowest BCUT2D eigenvalue weighted by atomic mass is 10.1. The minimum atomic E-state index is -0.838. The quantitative estimate of drug-likeness (QED) is 0.881. The zero-order valence-electron chi connectivity index (χ0n) is 11.6. The van der Waals surface area contributed by atoms with E-state index < -0.39 is 12.0 Å². The second-order valence-corrected chi connectivity index (χ2v) is 4.94. The normalized spacial score (nSPS) is 23.4. The fraction of sp³-hybridized carbons (Fsp3) is 0.643. The zero-order valence-corrected chi connectivity index (χ0v) is 11.6. The minimum absolute atomic E-state index is 0.426. The number of furan rings is 1. The molecule has 0 saturated carbocycles. The monoisotopic (exact) mass is 266 g/mol. The summed E-state index contributed by atoms with van der Waals surface area (Å²) in [6, 6.07) is 3.25. The van der Waals surface area contributed by atoms with Crippen molar-refractivity contribution in [3.63, 3.8) is 0 Å². The highest BCUT2D eigenvalue weighted by Gasteiger charge is 2.35. The molecule has 19 heavy (non-hydrogen) atoms. The van der Waals surface area contributed by atoms with Crippen molar-refractivity contribution in [2.45, 2.75) is 32.4 Å². The predicted octanol–water partition coefficient (Wildman–Crippen LogP) is 1.82. The van der Waals surface area contributed by atoms with E-state index in [2.05, 4.69) is 18.7 Å². The number of carboxylic acid groups (broad SMARTS) is 1. The number of carbonyl (C=O) groups is 1. The van der Waals surface area contributed by atoms with E-state index in [1.54, 1.807) is 12.1 Å². The van der Waals surface area contributed by atoms with Gasteiger partial charge in [-0.3, -0.25) is 14.6 Å². The molecule has 1 aliphatic heterocycles. The molecule has 2 heterocycles. The molecule has 1 fully saturated rings. The third kappa shape index (κ3) is 2.98. The van der Waals surface area contributed by atoms with E-state index in [4.69, 9.17) is 4.42 Å². The third-order valence-electron chi connectivity index (χ3n) is 3.93. The molecule has 1 aliphatic rings. The van der Waals surface area contributed by atoms with Crippen LogP contribution in [-0.2, 0) is 4.79 Å². The molecule has 1 N–H and O–H groups in total. The van der Waals surface area contributed by atoms with Crippen molar-refractivity contribution in [3.8, 4) is 0 Å². The summed E-state index contributed by atoms with van der Waals surface area (Å²) in [6.07, 6.45) is 2.57. The summed E-state index contributed by atoms with van der Waals surface area (Å²) < 4.78 is 5.30. The molecule has 0 spiro atoms. The molecule has 1 aromatic heterocycles. The van der Waals surface area contributed by atoms with Crippen molar-refractivity contribution in [2.75, 3.05) is 26.2 Å². The number of piperazine rings is 1. The Kier molecular flexibility index (Phi) is 4.61. The van der Waals surface area contributed by atoms with Gasteiger partial charge in [0.25, 0.3) is 0 Å². The Balaban J connectivity index is 2.13. The van der Waals surface area contributed by atoms with Gasteiger partial charge in [0.05, 0.1) is 6.26 Å². The maximum atomic E-state index is 11.5. The lowest BCUT2D eigenvalue weighted by Crippen LogP contribution is -2.54. The summed E-state index contributed by atoms with van der Waals surface area (Å²) in [7, 11) is 0. The van der Waals surface area contributed by atoms with Gasteiger partial charge in [-0.1, -0.05) is 13.8 Å². The molecular weight excluding hydrogens is 244 g/mol. The second-order valence-electron chi connectivity index (χ2n) is 4.94. The Morgan fingerprint density at radius 3 is 2.84 bits per heavy atom. The summed E-state index contributed by atoms with van der Waals surface area (Å²) in [5.41, 5.74) is 0. The molecule has 0 aliphatic carbocycles. The van der Waals surface area contributed by atoms with Gasteiger partial charge in [0.15, 0.2) is 6.04 Å². The van der Waals surface area contributed by atoms with Crippen LogP contribution in [0.3, 0.4) is 0 Å². The molecular formula is C14H22N2O3. The summed E-state index contributed by atoms with van der Waals surface area (Å²) >= 11 is 0. The Morgan fingerprint density at radius 2 is 2.32 bits per heavy atom. The molecule has 0 bridgehead atoms. The molecule has 106 valence electrons. The number of likely N-dealkylation sites (N-methyl/N-ethyl adjacent to an activating group) is 1. The van der Waals surface area contributed by atoms with E-state index >= 15 is 0 Å². The van der Waals surface area contributed by atoms with E-state index in [1.807, 2.05) is 4.90 Å². The van der Waals surface area contributed by atoms with Gasteiger partial charge in [0.1, 0.15) is 5.76 Å². The first-order valence-electron chi connectivity index (χ1n) is 6.91. The van der Waals surface area contributed by atoms with Crippen LogP contribution < -0.4 is 0 Å². The predicted molar refractivity (Wildman–Crippen MR) is 72.0 cm³/mol. The van der Waals surface area contributed by atoms with Crippen LogP contribution in [0.1, 0.15) is 32.1 Å². The SMILES string of the molecule is CCC1CN(C(C(=O)O)c2ccco2)CCN1CC. The fourth-order valence-corrected chi connectivity index (χ4v) is 2.86. The van der Waals surface area contributed by atoms with Gasteiger partial charge in [0.2, 0.25) is 0 Å². The third-order valence-corrected chi connectivity index (χ3v) is 3.93. The average molecular weight is 266 g/mol. The summed E-state index contributed by atoms with van der Waals surface area (Å²) in [5.74, 6) is -0.318. The largest absolute Gasteiger partial charge is 0.480 e. The van der Waals surface area contributed by atoms with Crippen molar-refractivity contribution in [1.82, 2.24) is 9.80 Å². The molecule has 0 radical (unpaired) electrons. The van der Waals surface area contributed by atoms with E-state index in [0.717, 1.165) is 32.6 Å². The van der Waals surface area contributed by atoms with Crippen molar-refractivity contribution < 1.29 is 14.3 Å². The first kappa shape index (κ1) is 14.1. The highest BCUT2D eigenvalue weighted by atomic mass is 16.4. The second kappa shape index (κ2) is 6.21. The van der Waals surface area contributed by atoms with E-state index in [0.29, 0.717) is 11.8 Å². The van der Waals surface area contributed by atoms with Gasteiger partial charge in [-0.15, -0.1) is 0 Å². The number of hydrogen-bond acceptors (Lipinski definition) is 4. The van der Waals surface area contributed by atoms with Crippen LogP contribution in [0.5, 0.6) is 0 Å². The number of carboxylic acids is 1. The molecule has 5 heteroatoms. The van der Waals surface area contributed by atoms with Crippen molar-refractivity contribution in [3.05, 3.63) is 24.2 Å². The summed E-state index contributed by atoms with van der Waals surface area (Å²) in [6.45, 7) is 7.79. The smallest absolute Gasteiger partial charge is 0.328 e. The summed E-state index contributed by atoms with van der Waals surface area (Å²) in [5, 5.41) is 9.46. The lowest BCUT2D eigenvalue weighted by Gasteiger charge is -2.42. The van der Waals surface area contributed by atoms with E-state index in [9.17, 15) is 9.90 Å². The number of nitrogens with zero attached hydrogens (tertiary/aromatic N) is 2. The fourth-order valence-electron chi connectivity index (χ4n) is 2.86. The Labute approximate surface area is 113 Å². The van der Waals surface area contributed by atoms with Crippen molar-refractivity contribution in [1.29, 1.82) is 0 Å². The van der Waals surface area contributed by atoms with Gasteiger partial charge in [0, 0.05) is 25.7 Å². The molecule has 2 rings (SSSR count). The first-order chi connectivity index (χ1) is 9.17. The van der Waals surface area contributed by atoms with Crippen LogP contribution in [0.2, 0.25) is 0 Å². The Morgan fingerprint density at radius 1 is 1.53 bits per heavy atom. The molecule has 0 amide bonds. The van der Waals surface area contributed by atoms with Gasteiger partial charge in [-0.25, -0.2) is 0 Å². The highest BCUT2D eigenvalue weighted by molar-refractivity contribution is 5.74. The molecule has 1 saturated heterocycles. The van der Waals surface area contributed by atoms with Crippen LogP contribution >= 0.6 is 0 Å². The topological polar surface area (TPSA) is 56.9 Å². The van der Waals surface area contributed by atoms with Gasteiger partial charge < -0.3 is 9.52 Å². The Bertz CT molecular complexity index is 405. The van der Waals surface area contributed by atoms with Crippen molar-refractivity contribution in [2.24, 2.45) is 0 Å². The standard InChI is InChI=1S/C14H22N2O3/c1-3-11-10-16(8-7-15(11)4-2)13(14(17)18)12-6-5-9-19-12/h5-6,9,11,13H,3-4,7-8,10H2,1-2H3,(H,17,18).